The maximum Gasteiger partial charge on any atom is 0.316 e. The minimum Gasteiger partial charge on any atom is -0.467 e. The Labute approximate surface area is 139 Å². The van der Waals surface area contributed by atoms with Crippen molar-refractivity contribution in [2.75, 3.05) is 6.54 Å². The fourth-order valence-corrected chi connectivity index (χ4v) is 2.63. The van der Waals surface area contributed by atoms with Gasteiger partial charge in [0.1, 0.15) is 11.5 Å². The second-order valence-corrected chi connectivity index (χ2v) is 5.76. The molecule has 1 aliphatic heterocycles. The van der Waals surface area contributed by atoms with Crippen molar-refractivity contribution >= 4 is 17.7 Å². The van der Waals surface area contributed by atoms with E-state index in [1.165, 1.54) is 6.92 Å². The Morgan fingerprint density at radius 1 is 1.25 bits per heavy atom. The largest absolute Gasteiger partial charge is 0.467 e. The van der Waals surface area contributed by atoms with Crippen molar-refractivity contribution in [2.24, 2.45) is 5.92 Å². The number of benzene rings is 1. The van der Waals surface area contributed by atoms with E-state index in [0.717, 1.165) is 0 Å². The van der Waals surface area contributed by atoms with Gasteiger partial charge in [0.25, 0.3) is 0 Å². The van der Waals surface area contributed by atoms with Gasteiger partial charge < -0.3 is 14.1 Å². The van der Waals surface area contributed by atoms with E-state index in [2.05, 4.69) is 0 Å². The Bertz CT molecular complexity index is 748. The third-order valence-electron chi connectivity index (χ3n) is 3.95. The van der Waals surface area contributed by atoms with Gasteiger partial charge in [-0.05, 0) is 43.3 Å². The summed E-state index contributed by atoms with van der Waals surface area (Å²) < 4.78 is 10.5. The van der Waals surface area contributed by atoms with E-state index in [1.54, 1.807) is 47.6 Å². The molecule has 1 aromatic carbocycles. The number of hydrogen-bond acceptors (Lipinski definition) is 5. The van der Waals surface area contributed by atoms with Crippen molar-refractivity contribution in [1.29, 1.82) is 0 Å². The average molecular weight is 327 g/mol. The zero-order valence-electron chi connectivity index (χ0n) is 13.2. The predicted molar refractivity (Wildman–Crippen MR) is 84.3 cm³/mol. The molecule has 0 radical (unpaired) electrons. The van der Waals surface area contributed by atoms with E-state index in [9.17, 15) is 14.4 Å². The van der Waals surface area contributed by atoms with Crippen LogP contribution in [0.5, 0.6) is 5.75 Å². The van der Waals surface area contributed by atoms with Crippen LogP contribution >= 0.6 is 0 Å². The Hall–Kier alpha value is -2.89. The van der Waals surface area contributed by atoms with E-state index < -0.39 is 11.9 Å². The molecule has 1 aromatic heterocycles. The quantitative estimate of drug-likeness (QED) is 0.479. The van der Waals surface area contributed by atoms with E-state index in [4.69, 9.17) is 9.15 Å². The molecule has 1 amide bonds. The van der Waals surface area contributed by atoms with Gasteiger partial charge in [-0.1, -0.05) is 0 Å². The predicted octanol–water partition coefficient (Wildman–Crippen LogP) is 2.44. The van der Waals surface area contributed by atoms with E-state index in [-0.39, 0.29) is 18.1 Å². The van der Waals surface area contributed by atoms with Gasteiger partial charge in [0, 0.05) is 18.5 Å². The van der Waals surface area contributed by atoms with Crippen LogP contribution < -0.4 is 4.74 Å². The van der Waals surface area contributed by atoms with E-state index >= 15 is 0 Å². The number of furan rings is 1. The van der Waals surface area contributed by atoms with Crippen LogP contribution in [0, 0.1) is 5.92 Å². The van der Waals surface area contributed by atoms with Crippen LogP contribution in [0.4, 0.5) is 0 Å². The first kappa shape index (κ1) is 16.0. The van der Waals surface area contributed by atoms with Gasteiger partial charge in [0.2, 0.25) is 5.91 Å². The zero-order valence-corrected chi connectivity index (χ0v) is 13.2. The summed E-state index contributed by atoms with van der Waals surface area (Å²) in [6.07, 6.45) is 1.68. The standard InChI is InChI=1S/C18H17NO5/c1-12(20)13-4-6-15(7-5-13)24-18(22)14-9-17(21)19(10-14)11-16-3-2-8-23-16/h2-8,14H,9-11H2,1H3/t14-/m1/s1. The first-order valence-corrected chi connectivity index (χ1v) is 7.66. The summed E-state index contributed by atoms with van der Waals surface area (Å²) in [6.45, 7) is 2.13. The van der Waals surface area contributed by atoms with Gasteiger partial charge in [-0.3, -0.25) is 14.4 Å². The highest BCUT2D eigenvalue weighted by Crippen LogP contribution is 2.23. The Morgan fingerprint density at radius 2 is 2.00 bits per heavy atom. The number of esters is 1. The number of carbonyl (C=O) groups excluding carboxylic acids is 3. The van der Waals surface area contributed by atoms with Crippen LogP contribution in [0.15, 0.2) is 47.1 Å². The summed E-state index contributed by atoms with van der Waals surface area (Å²) in [4.78, 5) is 37.1. The second-order valence-electron chi connectivity index (χ2n) is 5.76. The van der Waals surface area contributed by atoms with Crippen LogP contribution in [-0.2, 0) is 16.1 Å². The molecule has 0 unspecified atom stereocenters. The maximum atomic E-state index is 12.2. The highest BCUT2D eigenvalue weighted by atomic mass is 16.5. The number of rotatable bonds is 5. The summed E-state index contributed by atoms with van der Waals surface area (Å²) in [6, 6.07) is 9.90. The van der Waals surface area contributed by atoms with Crippen molar-refractivity contribution in [3.8, 4) is 5.75 Å². The fourth-order valence-electron chi connectivity index (χ4n) is 2.63. The highest BCUT2D eigenvalue weighted by molar-refractivity contribution is 5.94. The van der Waals surface area contributed by atoms with Crippen LogP contribution in [0.25, 0.3) is 0 Å². The third kappa shape index (κ3) is 3.53. The number of amides is 1. The molecule has 0 N–H and O–H groups in total. The molecule has 0 bridgehead atoms. The molecule has 0 aliphatic carbocycles. The maximum absolute atomic E-state index is 12.2. The molecule has 1 saturated heterocycles. The molecule has 0 saturated carbocycles. The highest BCUT2D eigenvalue weighted by Gasteiger charge is 2.35. The molecule has 124 valence electrons. The smallest absolute Gasteiger partial charge is 0.316 e. The van der Waals surface area contributed by atoms with Gasteiger partial charge in [-0.25, -0.2) is 0 Å². The minimum absolute atomic E-state index is 0.0529. The summed E-state index contributed by atoms with van der Waals surface area (Å²) in [7, 11) is 0. The molecule has 1 fully saturated rings. The number of hydrogen-bond donors (Lipinski definition) is 0. The Balaban J connectivity index is 1.59. The van der Waals surface area contributed by atoms with Gasteiger partial charge in [0.05, 0.1) is 18.7 Å². The molecule has 3 rings (SSSR count). The second kappa shape index (κ2) is 6.70. The molecule has 6 nitrogen and oxygen atoms in total. The van der Waals surface area contributed by atoms with Crippen LogP contribution in [0.2, 0.25) is 0 Å². The van der Waals surface area contributed by atoms with Crippen molar-refractivity contribution in [3.05, 3.63) is 54.0 Å². The molecule has 1 aliphatic rings. The molecular weight excluding hydrogens is 310 g/mol. The van der Waals surface area contributed by atoms with E-state index in [0.29, 0.717) is 30.2 Å². The first-order valence-electron chi connectivity index (χ1n) is 7.66. The van der Waals surface area contributed by atoms with Gasteiger partial charge in [-0.15, -0.1) is 0 Å². The SMILES string of the molecule is CC(=O)c1ccc(OC(=O)[C@@H]2CC(=O)N(Cc3ccco3)C2)cc1. The lowest BCUT2D eigenvalue weighted by Gasteiger charge is -2.14. The molecule has 6 heteroatoms. The molecule has 2 aromatic rings. The third-order valence-corrected chi connectivity index (χ3v) is 3.95. The Morgan fingerprint density at radius 3 is 2.62 bits per heavy atom. The van der Waals surface area contributed by atoms with Crippen LogP contribution in [-0.4, -0.2) is 29.1 Å². The zero-order chi connectivity index (χ0) is 17.1. The number of carbonyl (C=O) groups is 3. The average Bonchev–Trinajstić information content (AvgIpc) is 3.19. The molecule has 2 heterocycles. The van der Waals surface area contributed by atoms with Crippen molar-refractivity contribution in [1.82, 2.24) is 4.90 Å². The number of likely N-dealkylation sites (tertiary alicyclic amines) is 1. The number of nitrogens with zero attached hydrogens (tertiary/aromatic N) is 1. The normalized spacial score (nSPS) is 17.1. The summed E-state index contributed by atoms with van der Waals surface area (Å²) in [5.74, 6) is -0.0527. The Kier molecular flexibility index (Phi) is 4.46. The topological polar surface area (TPSA) is 76.8 Å². The summed E-state index contributed by atoms with van der Waals surface area (Å²) in [5.41, 5.74) is 0.551. The first-order chi connectivity index (χ1) is 11.5. The summed E-state index contributed by atoms with van der Waals surface area (Å²) in [5, 5.41) is 0. The van der Waals surface area contributed by atoms with Crippen LogP contribution in [0.3, 0.4) is 0 Å². The molecule has 24 heavy (non-hydrogen) atoms. The lowest BCUT2D eigenvalue weighted by molar-refractivity contribution is -0.139. The number of Topliss-reactive ketones (excluding diaryl/α,β-unsaturated/α-hetero) is 1. The van der Waals surface area contributed by atoms with Gasteiger partial charge in [0.15, 0.2) is 5.78 Å². The lowest BCUT2D eigenvalue weighted by atomic mass is 10.1. The lowest BCUT2D eigenvalue weighted by Crippen LogP contribution is -2.27. The van der Waals surface area contributed by atoms with Crippen molar-refractivity contribution in [2.45, 2.75) is 19.9 Å². The van der Waals surface area contributed by atoms with Crippen molar-refractivity contribution in [3.63, 3.8) is 0 Å². The minimum atomic E-state index is -0.500. The van der Waals surface area contributed by atoms with Gasteiger partial charge >= 0.3 is 5.97 Å². The van der Waals surface area contributed by atoms with Crippen molar-refractivity contribution < 1.29 is 23.5 Å². The molecule has 1 atom stereocenters. The summed E-state index contributed by atoms with van der Waals surface area (Å²) >= 11 is 0. The molecular formula is C18H17NO5. The van der Waals surface area contributed by atoms with E-state index in [1.807, 2.05) is 0 Å². The monoisotopic (exact) mass is 327 g/mol. The fraction of sp³-hybridized carbons (Fsp3) is 0.278. The number of ether oxygens (including phenoxy) is 1. The van der Waals surface area contributed by atoms with Crippen LogP contribution in [0.1, 0.15) is 29.5 Å². The number of ketones is 1. The molecule has 0 spiro atoms. The van der Waals surface area contributed by atoms with Gasteiger partial charge in [-0.2, -0.15) is 0 Å².